The summed E-state index contributed by atoms with van der Waals surface area (Å²) in [6.07, 6.45) is 20.2. The van der Waals surface area contributed by atoms with Crippen molar-refractivity contribution in [3.63, 3.8) is 0 Å². The highest BCUT2D eigenvalue weighted by atomic mass is 31.2. The molecule has 2 N–H and O–H groups in total. The van der Waals surface area contributed by atoms with Crippen molar-refractivity contribution in [1.82, 2.24) is 4.98 Å². The highest BCUT2D eigenvalue weighted by Crippen LogP contribution is 2.35. The molecule has 206 valence electrons. The molecule has 0 aliphatic heterocycles. The first-order valence-electron chi connectivity index (χ1n) is 13.8. The number of pyridine rings is 1. The molecule has 8 nitrogen and oxygen atoms in total. The Morgan fingerprint density at radius 3 is 1.89 bits per heavy atom. The van der Waals surface area contributed by atoms with E-state index in [1.54, 1.807) is 18.2 Å². The SMILES string of the molecule is CCCCCCCCCCCCCCCCCCOCC(COP(=O)(O)O)Oc1cccc(C#N)n1. The van der Waals surface area contributed by atoms with Crippen molar-refractivity contribution in [3.8, 4) is 11.9 Å². The summed E-state index contributed by atoms with van der Waals surface area (Å²) in [5.41, 5.74) is 0.191. The van der Waals surface area contributed by atoms with Crippen molar-refractivity contribution in [2.24, 2.45) is 0 Å². The number of nitriles is 1. The quantitative estimate of drug-likeness (QED) is 0.108. The average Bonchev–Trinajstić information content (AvgIpc) is 2.86. The molecule has 1 rings (SSSR count). The van der Waals surface area contributed by atoms with Crippen LogP contribution in [0.15, 0.2) is 18.2 Å². The van der Waals surface area contributed by atoms with Gasteiger partial charge in [0.25, 0.3) is 0 Å². The molecule has 1 heterocycles. The molecule has 0 aliphatic rings. The highest BCUT2D eigenvalue weighted by molar-refractivity contribution is 7.46. The second-order valence-electron chi connectivity index (χ2n) is 9.38. The highest BCUT2D eigenvalue weighted by Gasteiger charge is 2.20. The van der Waals surface area contributed by atoms with E-state index in [-0.39, 0.29) is 24.8 Å². The van der Waals surface area contributed by atoms with Crippen LogP contribution in [0, 0.1) is 11.3 Å². The molecule has 0 amide bonds. The van der Waals surface area contributed by atoms with E-state index in [1.165, 1.54) is 89.9 Å². The zero-order valence-electron chi connectivity index (χ0n) is 22.1. The molecule has 1 atom stereocenters. The maximum absolute atomic E-state index is 11.0. The van der Waals surface area contributed by atoms with E-state index in [2.05, 4.69) is 16.4 Å². The van der Waals surface area contributed by atoms with Crippen molar-refractivity contribution in [2.75, 3.05) is 19.8 Å². The van der Waals surface area contributed by atoms with Gasteiger partial charge in [-0.15, -0.1) is 0 Å². The van der Waals surface area contributed by atoms with Crippen LogP contribution in [0.4, 0.5) is 0 Å². The van der Waals surface area contributed by atoms with Crippen molar-refractivity contribution in [2.45, 2.75) is 116 Å². The molecule has 1 aromatic rings. The minimum atomic E-state index is -4.63. The molecule has 0 aliphatic carbocycles. The molecule has 0 fully saturated rings. The summed E-state index contributed by atoms with van der Waals surface area (Å²) in [5.74, 6) is 0.180. The van der Waals surface area contributed by atoms with E-state index >= 15 is 0 Å². The second kappa shape index (κ2) is 21.6. The number of hydrogen-bond donors (Lipinski definition) is 2. The van der Waals surface area contributed by atoms with Crippen molar-refractivity contribution >= 4 is 7.82 Å². The molecule has 0 aromatic carbocycles. The van der Waals surface area contributed by atoms with Crippen molar-refractivity contribution < 1.29 is 28.3 Å². The van der Waals surface area contributed by atoms with Crippen molar-refractivity contribution in [3.05, 3.63) is 23.9 Å². The van der Waals surface area contributed by atoms with Gasteiger partial charge in [-0.05, 0) is 12.5 Å². The molecule has 9 heteroatoms. The molecule has 0 spiro atoms. The lowest BCUT2D eigenvalue weighted by Crippen LogP contribution is -2.29. The van der Waals surface area contributed by atoms with Gasteiger partial charge in [0.15, 0.2) is 0 Å². The minimum absolute atomic E-state index is 0.108. The molecule has 0 saturated heterocycles. The number of ether oxygens (including phenoxy) is 2. The Balaban J connectivity index is 2.04. The predicted molar refractivity (Wildman–Crippen MR) is 142 cm³/mol. The molecular weight excluding hydrogens is 479 g/mol. The van der Waals surface area contributed by atoms with Gasteiger partial charge in [0.2, 0.25) is 5.88 Å². The summed E-state index contributed by atoms with van der Waals surface area (Å²) in [6.45, 7) is 2.57. The summed E-state index contributed by atoms with van der Waals surface area (Å²) in [6, 6.07) is 6.66. The Morgan fingerprint density at radius 1 is 0.861 bits per heavy atom. The third kappa shape index (κ3) is 19.7. The van der Waals surface area contributed by atoms with Gasteiger partial charge in [0.1, 0.15) is 17.9 Å². The van der Waals surface area contributed by atoms with Crippen molar-refractivity contribution in [1.29, 1.82) is 5.26 Å². The average molecular weight is 527 g/mol. The first-order chi connectivity index (χ1) is 17.4. The van der Waals surface area contributed by atoms with Crippen LogP contribution in [0.2, 0.25) is 0 Å². The topological polar surface area (TPSA) is 122 Å². The molecular formula is C27H47N2O6P. The largest absolute Gasteiger partial charge is 0.469 e. The first kappa shape index (κ1) is 32.5. The van der Waals surface area contributed by atoms with Crippen LogP contribution < -0.4 is 4.74 Å². The van der Waals surface area contributed by atoms with Gasteiger partial charge in [-0.3, -0.25) is 4.52 Å². The van der Waals surface area contributed by atoms with E-state index in [4.69, 9.17) is 24.5 Å². The van der Waals surface area contributed by atoms with Crippen LogP contribution in [-0.4, -0.2) is 40.7 Å². The zero-order chi connectivity index (χ0) is 26.3. The van der Waals surface area contributed by atoms with Crippen LogP contribution in [0.5, 0.6) is 5.88 Å². The Kier molecular flexibility index (Phi) is 19.5. The number of hydrogen-bond acceptors (Lipinski definition) is 6. The second-order valence-corrected chi connectivity index (χ2v) is 10.6. The Bertz CT molecular complexity index is 752. The molecule has 0 radical (unpaired) electrons. The fraction of sp³-hybridized carbons (Fsp3) is 0.778. The Labute approximate surface area is 218 Å². The monoisotopic (exact) mass is 526 g/mol. The normalized spacial score (nSPS) is 12.4. The van der Waals surface area contributed by atoms with E-state index in [9.17, 15) is 4.57 Å². The first-order valence-corrected chi connectivity index (χ1v) is 15.3. The lowest BCUT2D eigenvalue weighted by molar-refractivity contribution is 0.0158. The molecule has 1 aromatic heterocycles. The Hall–Kier alpha value is -1.49. The minimum Gasteiger partial charge on any atom is -0.469 e. The van der Waals surface area contributed by atoms with E-state index in [0.29, 0.717) is 6.61 Å². The van der Waals surface area contributed by atoms with Gasteiger partial charge in [-0.25, -0.2) is 9.55 Å². The standard InChI is InChI=1S/C27H47N2O6P/c1-2-3-4-5-6-7-8-9-10-11-12-13-14-15-16-17-21-33-23-26(24-34-36(30,31)32)35-27-20-18-19-25(22-28)29-27/h18-20,26H,2-17,21,23-24H2,1H3,(H2,30,31,32). The molecule has 36 heavy (non-hydrogen) atoms. The molecule has 0 bridgehead atoms. The molecule has 1 unspecified atom stereocenters. The number of nitrogens with zero attached hydrogens (tertiary/aromatic N) is 2. The number of phosphoric acid groups is 1. The third-order valence-corrected chi connectivity index (χ3v) is 6.49. The summed E-state index contributed by atoms with van der Waals surface area (Å²) < 4.78 is 26.9. The fourth-order valence-electron chi connectivity index (χ4n) is 3.98. The summed E-state index contributed by atoms with van der Waals surface area (Å²) in [4.78, 5) is 22.0. The van der Waals surface area contributed by atoms with Gasteiger partial charge in [0, 0.05) is 12.7 Å². The predicted octanol–water partition coefficient (Wildman–Crippen LogP) is 7.09. The van der Waals surface area contributed by atoms with Crippen LogP contribution in [0.3, 0.4) is 0 Å². The maximum atomic E-state index is 11.0. The zero-order valence-corrected chi connectivity index (χ0v) is 23.0. The number of rotatable bonds is 24. The number of phosphoric ester groups is 1. The lowest BCUT2D eigenvalue weighted by atomic mass is 10.0. The fourth-order valence-corrected chi connectivity index (χ4v) is 4.34. The van der Waals surface area contributed by atoms with Gasteiger partial charge < -0.3 is 19.3 Å². The van der Waals surface area contributed by atoms with Crippen LogP contribution in [-0.2, 0) is 13.8 Å². The number of aromatic nitrogens is 1. The van der Waals surface area contributed by atoms with Gasteiger partial charge in [-0.2, -0.15) is 5.26 Å². The lowest BCUT2D eigenvalue weighted by Gasteiger charge is -2.19. The third-order valence-electron chi connectivity index (χ3n) is 6.00. The maximum Gasteiger partial charge on any atom is 0.469 e. The summed E-state index contributed by atoms with van der Waals surface area (Å²) in [7, 11) is -4.63. The smallest absolute Gasteiger partial charge is 0.469 e. The summed E-state index contributed by atoms with van der Waals surface area (Å²) >= 11 is 0. The van der Waals surface area contributed by atoms with Gasteiger partial charge >= 0.3 is 7.82 Å². The summed E-state index contributed by atoms with van der Waals surface area (Å²) in [5, 5.41) is 8.96. The van der Waals surface area contributed by atoms with Gasteiger partial charge in [0.05, 0.1) is 13.2 Å². The Morgan fingerprint density at radius 2 is 1.39 bits per heavy atom. The van der Waals surface area contributed by atoms with Crippen LogP contribution in [0.1, 0.15) is 115 Å². The van der Waals surface area contributed by atoms with E-state index < -0.39 is 13.9 Å². The molecule has 0 saturated carbocycles. The van der Waals surface area contributed by atoms with Crippen LogP contribution >= 0.6 is 7.82 Å². The van der Waals surface area contributed by atoms with Gasteiger partial charge in [-0.1, -0.05) is 109 Å². The number of unbranched alkanes of at least 4 members (excludes halogenated alkanes) is 15. The van der Waals surface area contributed by atoms with E-state index in [0.717, 1.165) is 12.8 Å². The van der Waals surface area contributed by atoms with E-state index in [1.807, 2.05) is 6.07 Å². The van der Waals surface area contributed by atoms with Crippen LogP contribution in [0.25, 0.3) is 0 Å².